The zero-order chi connectivity index (χ0) is 13.2. The maximum absolute atomic E-state index is 11.5. The summed E-state index contributed by atoms with van der Waals surface area (Å²) in [6.07, 6.45) is 3.60. The van der Waals surface area contributed by atoms with Crippen LogP contribution >= 0.6 is 0 Å². The Balaban J connectivity index is 2.16. The lowest BCUT2D eigenvalue weighted by molar-refractivity contribution is 0.0283. The minimum atomic E-state index is -0.596. The summed E-state index contributed by atoms with van der Waals surface area (Å²) in [6.45, 7) is 1.70. The van der Waals surface area contributed by atoms with Gasteiger partial charge in [-0.05, 0) is 6.42 Å². The van der Waals surface area contributed by atoms with Crippen molar-refractivity contribution in [2.45, 2.75) is 6.42 Å². The fraction of sp³-hybridized carbons (Fsp3) is 0.545. The Bertz CT molecular complexity index is 373. The Morgan fingerprint density at radius 1 is 1.22 bits per heavy atom. The molecule has 0 amide bonds. The molecule has 0 aliphatic heterocycles. The number of nitrogens with two attached hydrogens (primary N) is 1. The van der Waals surface area contributed by atoms with Crippen LogP contribution in [0.2, 0.25) is 0 Å². The van der Waals surface area contributed by atoms with E-state index in [1.807, 2.05) is 0 Å². The molecule has 0 aliphatic carbocycles. The molecule has 0 atom stereocenters. The molecule has 1 aromatic heterocycles. The molecule has 0 saturated carbocycles. The van der Waals surface area contributed by atoms with E-state index < -0.39 is 5.97 Å². The van der Waals surface area contributed by atoms with Crippen LogP contribution in [0, 0.1) is 0 Å². The molecule has 0 unspecified atom stereocenters. The minimum Gasteiger partial charge on any atom is -0.458 e. The van der Waals surface area contributed by atoms with Crippen LogP contribution in [0.15, 0.2) is 12.4 Å². The van der Waals surface area contributed by atoms with E-state index in [4.69, 9.17) is 19.9 Å². The quantitative estimate of drug-likeness (QED) is 0.526. The molecule has 0 fully saturated rings. The Kier molecular flexibility index (Phi) is 6.67. The first-order valence-corrected chi connectivity index (χ1v) is 5.56. The van der Waals surface area contributed by atoms with E-state index >= 15 is 0 Å². The number of hydrogen-bond acceptors (Lipinski definition) is 7. The van der Waals surface area contributed by atoms with Crippen molar-refractivity contribution in [3.63, 3.8) is 0 Å². The molecule has 7 nitrogen and oxygen atoms in total. The molecule has 0 spiro atoms. The maximum atomic E-state index is 11.5. The molecule has 0 radical (unpaired) electrons. The highest BCUT2D eigenvalue weighted by Gasteiger charge is 2.12. The smallest absolute Gasteiger partial charge is 0.360 e. The zero-order valence-electron chi connectivity index (χ0n) is 10.3. The Morgan fingerprint density at radius 3 is 2.72 bits per heavy atom. The molecular formula is C11H17N3O4. The summed E-state index contributed by atoms with van der Waals surface area (Å²) in [5, 5.41) is 0. The molecular weight excluding hydrogens is 238 g/mol. The standard InChI is InChI=1S/C11H17N3O4/c1-16-5-2-6-17-7-8-18-11(15)9-10(12)14-4-3-13-9/h3-4H,2,5-8H2,1H3,(H2,12,14). The van der Waals surface area contributed by atoms with Crippen LogP contribution in [0.5, 0.6) is 0 Å². The number of aromatic nitrogens is 2. The highest BCUT2D eigenvalue weighted by atomic mass is 16.6. The number of hydrogen-bond donors (Lipinski definition) is 1. The lowest BCUT2D eigenvalue weighted by Gasteiger charge is -2.06. The van der Waals surface area contributed by atoms with Gasteiger partial charge in [0, 0.05) is 32.7 Å². The first-order valence-electron chi connectivity index (χ1n) is 5.56. The molecule has 100 valence electrons. The van der Waals surface area contributed by atoms with Crippen LogP contribution in [0.1, 0.15) is 16.9 Å². The normalized spacial score (nSPS) is 10.3. The molecule has 0 saturated heterocycles. The van der Waals surface area contributed by atoms with Gasteiger partial charge in [0.05, 0.1) is 6.61 Å². The summed E-state index contributed by atoms with van der Waals surface area (Å²) < 4.78 is 15.0. The van der Waals surface area contributed by atoms with Crippen molar-refractivity contribution in [2.24, 2.45) is 0 Å². The zero-order valence-corrected chi connectivity index (χ0v) is 10.3. The highest BCUT2D eigenvalue weighted by Crippen LogP contribution is 2.04. The molecule has 7 heteroatoms. The molecule has 0 aromatic carbocycles. The average molecular weight is 255 g/mol. The second kappa shape index (κ2) is 8.37. The van der Waals surface area contributed by atoms with Crippen molar-refractivity contribution in [3.8, 4) is 0 Å². The predicted molar refractivity (Wildman–Crippen MR) is 64.0 cm³/mol. The van der Waals surface area contributed by atoms with Crippen molar-refractivity contribution >= 4 is 11.8 Å². The largest absolute Gasteiger partial charge is 0.458 e. The van der Waals surface area contributed by atoms with Gasteiger partial charge in [0.15, 0.2) is 11.5 Å². The number of methoxy groups -OCH3 is 1. The number of rotatable bonds is 8. The fourth-order valence-corrected chi connectivity index (χ4v) is 1.18. The summed E-state index contributed by atoms with van der Waals surface area (Å²) in [5.74, 6) is -0.537. The van der Waals surface area contributed by atoms with Gasteiger partial charge in [0.25, 0.3) is 0 Å². The van der Waals surface area contributed by atoms with Crippen molar-refractivity contribution in [3.05, 3.63) is 18.1 Å². The fourth-order valence-electron chi connectivity index (χ4n) is 1.18. The summed E-state index contributed by atoms with van der Waals surface area (Å²) in [7, 11) is 1.63. The maximum Gasteiger partial charge on any atom is 0.360 e. The summed E-state index contributed by atoms with van der Waals surface area (Å²) in [6, 6.07) is 0. The third-order valence-electron chi connectivity index (χ3n) is 2.02. The van der Waals surface area contributed by atoms with Crippen LogP contribution in [0.25, 0.3) is 0 Å². The lowest BCUT2D eigenvalue weighted by atomic mass is 10.4. The van der Waals surface area contributed by atoms with Gasteiger partial charge in [-0.1, -0.05) is 0 Å². The van der Waals surface area contributed by atoms with Gasteiger partial charge >= 0.3 is 5.97 Å². The van der Waals surface area contributed by atoms with E-state index in [9.17, 15) is 4.79 Å². The van der Waals surface area contributed by atoms with Crippen LogP contribution in [-0.4, -0.2) is 49.5 Å². The Labute approximate surface area is 105 Å². The monoisotopic (exact) mass is 255 g/mol. The first-order chi connectivity index (χ1) is 8.75. The van der Waals surface area contributed by atoms with Crippen molar-refractivity contribution in [2.75, 3.05) is 39.3 Å². The van der Waals surface area contributed by atoms with E-state index in [1.165, 1.54) is 12.4 Å². The summed E-state index contributed by atoms with van der Waals surface area (Å²) >= 11 is 0. The number of esters is 1. The Hall–Kier alpha value is -1.73. The van der Waals surface area contributed by atoms with Gasteiger partial charge < -0.3 is 19.9 Å². The molecule has 1 heterocycles. The van der Waals surface area contributed by atoms with Gasteiger partial charge in [-0.3, -0.25) is 0 Å². The van der Waals surface area contributed by atoms with Crippen LogP contribution < -0.4 is 5.73 Å². The van der Waals surface area contributed by atoms with Gasteiger partial charge in [0.2, 0.25) is 0 Å². The van der Waals surface area contributed by atoms with Gasteiger partial charge in [-0.2, -0.15) is 0 Å². The molecule has 0 bridgehead atoms. The van der Waals surface area contributed by atoms with Crippen LogP contribution in [0.4, 0.5) is 5.82 Å². The average Bonchev–Trinajstić information content (AvgIpc) is 2.38. The topological polar surface area (TPSA) is 96.6 Å². The highest BCUT2D eigenvalue weighted by molar-refractivity contribution is 5.91. The van der Waals surface area contributed by atoms with Crippen molar-refractivity contribution in [1.82, 2.24) is 9.97 Å². The Morgan fingerprint density at radius 2 is 2.00 bits per heavy atom. The number of carbonyl (C=O) groups is 1. The predicted octanol–water partition coefficient (Wildman–Crippen LogP) is 0.269. The third-order valence-corrected chi connectivity index (χ3v) is 2.02. The molecule has 0 aliphatic rings. The first kappa shape index (κ1) is 14.3. The number of ether oxygens (including phenoxy) is 3. The van der Waals surface area contributed by atoms with Gasteiger partial charge in [-0.15, -0.1) is 0 Å². The van der Waals surface area contributed by atoms with E-state index in [-0.39, 0.29) is 18.1 Å². The third kappa shape index (κ3) is 5.07. The number of nitrogen functional groups attached to an aromatic ring is 1. The van der Waals surface area contributed by atoms with Crippen molar-refractivity contribution in [1.29, 1.82) is 0 Å². The van der Waals surface area contributed by atoms with E-state index in [0.717, 1.165) is 6.42 Å². The van der Waals surface area contributed by atoms with Gasteiger partial charge in [-0.25, -0.2) is 14.8 Å². The van der Waals surface area contributed by atoms with Gasteiger partial charge in [0.1, 0.15) is 6.61 Å². The molecule has 1 aromatic rings. The van der Waals surface area contributed by atoms with E-state index in [2.05, 4.69) is 9.97 Å². The minimum absolute atomic E-state index is 0.0249. The van der Waals surface area contributed by atoms with Crippen LogP contribution in [0.3, 0.4) is 0 Å². The second-order valence-corrected chi connectivity index (χ2v) is 3.38. The molecule has 18 heavy (non-hydrogen) atoms. The lowest BCUT2D eigenvalue weighted by Crippen LogP contribution is -2.15. The van der Waals surface area contributed by atoms with E-state index in [0.29, 0.717) is 19.8 Å². The number of nitrogens with zero attached hydrogens (tertiary/aromatic N) is 2. The molecule has 2 N–H and O–H groups in total. The number of anilines is 1. The summed E-state index contributed by atoms with van der Waals surface area (Å²) in [4.78, 5) is 19.1. The second-order valence-electron chi connectivity index (χ2n) is 3.38. The molecule has 1 rings (SSSR count). The number of carbonyl (C=O) groups excluding carboxylic acids is 1. The SMILES string of the molecule is COCCCOCCOC(=O)c1nccnc1N. The van der Waals surface area contributed by atoms with Crippen molar-refractivity contribution < 1.29 is 19.0 Å². The van der Waals surface area contributed by atoms with Crippen LogP contribution in [-0.2, 0) is 14.2 Å². The summed E-state index contributed by atoms with van der Waals surface area (Å²) in [5.41, 5.74) is 5.51. The van der Waals surface area contributed by atoms with E-state index in [1.54, 1.807) is 7.11 Å².